The van der Waals surface area contributed by atoms with E-state index < -0.39 is 11.7 Å². The van der Waals surface area contributed by atoms with Gasteiger partial charge in [-0.05, 0) is 88.7 Å². The molecule has 34 heavy (non-hydrogen) atoms. The molecule has 1 amide bonds. The quantitative estimate of drug-likeness (QED) is 0.515. The Labute approximate surface area is 200 Å². The number of H-pyrrole nitrogens is 1. The maximum atomic E-state index is 15.6. The predicted octanol–water partition coefficient (Wildman–Crippen LogP) is 4.70. The van der Waals surface area contributed by atoms with Crippen LogP contribution in [0.25, 0.3) is 22.0 Å². The lowest BCUT2D eigenvalue weighted by Gasteiger charge is -2.36. The summed E-state index contributed by atoms with van der Waals surface area (Å²) in [5.74, 6) is -0.999. The molecule has 0 aliphatic heterocycles. The molecule has 0 saturated heterocycles. The molecule has 4 N–H and O–H groups in total. The fourth-order valence-corrected chi connectivity index (χ4v) is 6.11. The van der Waals surface area contributed by atoms with Crippen molar-refractivity contribution in [3.63, 3.8) is 0 Å². The molecule has 180 valence electrons. The number of benzene rings is 2. The van der Waals surface area contributed by atoms with Crippen molar-refractivity contribution in [2.75, 3.05) is 14.1 Å². The number of aromatic nitrogens is 1. The lowest BCUT2D eigenvalue weighted by molar-refractivity contribution is 0.100. The van der Waals surface area contributed by atoms with Crippen LogP contribution in [0.4, 0.5) is 4.39 Å². The molecule has 1 heterocycles. The number of amides is 1. The molecule has 5 nitrogen and oxygen atoms in total. The largest absolute Gasteiger partial charge is 0.366 e. The lowest BCUT2D eigenvalue weighted by Crippen LogP contribution is -2.45. The summed E-state index contributed by atoms with van der Waals surface area (Å²) in [6.07, 6.45) is 7.55. The van der Waals surface area contributed by atoms with Crippen LogP contribution in [0.3, 0.4) is 0 Å². The molecule has 2 aliphatic rings. The van der Waals surface area contributed by atoms with Crippen molar-refractivity contribution in [1.29, 1.82) is 0 Å². The number of hydrogen-bond acceptors (Lipinski definition) is 3. The van der Waals surface area contributed by atoms with E-state index in [1.54, 1.807) is 0 Å². The lowest BCUT2D eigenvalue weighted by atomic mass is 9.85. The van der Waals surface area contributed by atoms with Crippen molar-refractivity contribution in [3.05, 3.63) is 58.5 Å². The zero-order valence-corrected chi connectivity index (χ0v) is 20.4. The molecule has 0 bridgehead atoms. The van der Waals surface area contributed by atoms with Gasteiger partial charge in [0.1, 0.15) is 5.82 Å². The van der Waals surface area contributed by atoms with Crippen molar-refractivity contribution in [3.8, 4) is 11.1 Å². The summed E-state index contributed by atoms with van der Waals surface area (Å²) in [6, 6.07) is 10.7. The number of aromatic amines is 1. The average Bonchev–Trinajstić information content (AvgIpc) is 3.18. The molecule has 5 rings (SSSR count). The van der Waals surface area contributed by atoms with E-state index in [1.165, 1.54) is 31.7 Å². The summed E-state index contributed by atoms with van der Waals surface area (Å²) in [5.41, 5.74) is 11.2. The second-order valence-corrected chi connectivity index (χ2v) is 10.4. The third-order valence-electron chi connectivity index (χ3n) is 7.99. The van der Waals surface area contributed by atoms with Gasteiger partial charge in [-0.15, -0.1) is 0 Å². The first-order valence-corrected chi connectivity index (χ1v) is 12.5. The minimum absolute atomic E-state index is 0.228. The van der Waals surface area contributed by atoms with Crippen molar-refractivity contribution in [2.45, 2.75) is 70.0 Å². The predicted molar refractivity (Wildman–Crippen MR) is 136 cm³/mol. The van der Waals surface area contributed by atoms with E-state index in [1.807, 2.05) is 31.2 Å². The van der Waals surface area contributed by atoms with Crippen LogP contribution < -0.4 is 11.1 Å². The molecule has 0 spiro atoms. The first-order valence-electron chi connectivity index (χ1n) is 12.5. The average molecular weight is 463 g/mol. The highest BCUT2D eigenvalue weighted by molar-refractivity contribution is 6.11. The number of primary amides is 1. The number of nitrogens with two attached hydrogens (primary N) is 1. The number of carbonyl (C=O) groups excluding carboxylic acids is 1. The summed E-state index contributed by atoms with van der Waals surface area (Å²) >= 11 is 0. The number of rotatable bonds is 5. The molecule has 2 aliphatic carbocycles. The Bertz CT molecular complexity index is 1220. The van der Waals surface area contributed by atoms with Crippen LogP contribution in [0.5, 0.6) is 0 Å². The number of halogens is 1. The molecule has 1 aromatic heterocycles. The van der Waals surface area contributed by atoms with E-state index in [0.29, 0.717) is 29.2 Å². The SMILES string of the molecule is Cc1ccccc1-c1c(F)cc(C(N)=O)c2[nH]c3c(c12)CC(NC1CCC(N(C)C)CC1)CC3. The highest BCUT2D eigenvalue weighted by atomic mass is 19.1. The van der Waals surface area contributed by atoms with E-state index in [4.69, 9.17) is 5.73 Å². The van der Waals surface area contributed by atoms with E-state index in [2.05, 4.69) is 29.3 Å². The van der Waals surface area contributed by atoms with Gasteiger partial charge in [0.2, 0.25) is 0 Å². The second kappa shape index (κ2) is 9.16. The molecule has 3 aromatic rings. The van der Waals surface area contributed by atoms with Crippen LogP contribution in [-0.4, -0.2) is 48.0 Å². The van der Waals surface area contributed by atoms with Gasteiger partial charge >= 0.3 is 0 Å². The van der Waals surface area contributed by atoms with E-state index >= 15 is 4.39 Å². The van der Waals surface area contributed by atoms with E-state index in [-0.39, 0.29) is 5.56 Å². The second-order valence-electron chi connectivity index (χ2n) is 10.4. The molecule has 1 fully saturated rings. The zero-order chi connectivity index (χ0) is 24.0. The number of carbonyl (C=O) groups is 1. The first-order chi connectivity index (χ1) is 16.3. The van der Waals surface area contributed by atoms with Crippen molar-refractivity contribution in [1.82, 2.24) is 15.2 Å². The van der Waals surface area contributed by atoms with Gasteiger partial charge in [0.25, 0.3) is 5.91 Å². The third kappa shape index (κ3) is 4.14. The normalized spacial score (nSPS) is 22.8. The maximum Gasteiger partial charge on any atom is 0.250 e. The van der Waals surface area contributed by atoms with Crippen LogP contribution in [0.2, 0.25) is 0 Å². The fraction of sp³-hybridized carbons (Fsp3) is 0.464. The molecule has 1 saturated carbocycles. The molecule has 0 radical (unpaired) electrons. The molecule has 2 aromatic carbocycles. The van der Waals surface area contributed by atoms with Gasteiger partial charge in [-0.2, -0.15) is 0 Å². The Kier molecular flexibility index (Phi) is 6.21. The Morgan fingerprint density at radius 3 is 2.53 bits per heavy atom. The van der Waals surface area contributed by atoms with Crippen molar-refractivity contribution < 1.29 is 9.18 Å². The number of fused-ring (bicyclic) bond motifs is 3. The molecule has 1 atom stereocenters. The third-order valence-corrected chi connectivity index (χ3v) is 7.99. The Hall–Kier alpha value is -2.70. The van der Waals surface area contributed by atoms with Gasteiger partial charge in [0.05, 0.1) is 11.1 Å². The van der Waals surface area contributed by atoms with E-state index in [9.17, 15) is 4.79 Å². The summed E-state index contributed by atoms with van der Waals surface area (Å²) in [7, 11) is 4.34. The van der Waals surface area contributed by atoms with Crippen LogP contribution in [-0.2, 0) is 12.8 Å². The number of aryl methyl sites for hydroxylation is 2. The molecule has 6 heteroatoms. The van der Waals surface area contributed by atoms with Gasteiger partial charge in [-0.3, -0.25) is 4.79 Å². The minimum Gasteiger partial charge on any atom is -0.366 e. The van der Waals surface area contributed by atoms with Gasteiger partial charge in [0.15, 0.2) is 0 Å². The van der Waals surface area contributed by atoms with Crippen LogP contribution in [0.15, 0.2) is 30.3 Å². The van der Waals surface area contributed by atoms with Crippen LogP contribution in [0, 0.1) is 12.7 Å². The summed E-state index contributed by atoms with van der Waals surface area (Å²) in [6.45, 7) is 2.00. The minimum atomic E-state index is -0.605. The van der Waals surface area contributed by atoms with Crippen molar-refractivity contribution in [2.24, 2.45) is 5.73 Å². The van der Waals surface area contributed by atoms with Gasteiger partial charge in [-0.25, -0.2) is 4.39 Å². The van der Waals surface area contributed by atoms with Crippen LogP contribution in [0.1, 0.15) is 59.3 Å². The van der Waals surface area contributed by atoms with Crippen molar-refractivity contribution >= 4 is 16.8 Å². The Morgan fingerprint density at radius 2 is 1.85 bits per heavy atom. The molecule has 1 unspecified atom stereocenters. The monoisotopic (exact) mass is 462 g/mol. The van der Waals surface area contributed by atoms with E-state index in [0.717, 1.165) is 47.0 Å². The number of hydrogen-bond donors (Lipinski definition) is 3. The van der Waals surface area contributed by atoms with Gasteiger partial charge in [0, 0.05) is 34.8 Å². The number of nitrogens with one attached hydrogen (secondary N) is 2. The highest BCUT2D eigenvalue weighted by Crippen LogP contribution is 2.40. The number of nitrogens with zero attached hydrogens (tertiary/aromatic N) is 1. The smallest absolute Gasteiger partial charge is 0.250 e. The zero-order valence-electron chi connectivity index (χ0n) is 20.4. The maximum absolute atomic E-state index is 15.6. The summed E-state index contributed by atoms with van der Waals surface area (Å²) < 4.78 is 15.6. The topological polar surface area (TPSA) is 74.1 Å². The molecular formula is C28H35FN4O. The van der Waals surface area contributed by atoms with Gasteiger partial charge < -0.3 is 20.9 Å². The summed E-state index contributed by atoms with van der Waals surface area (Å²) in [5, 5.41) is 4.74. The standard InChI is InChI=1S/C28H35FN4O/c1-16-6-4-5-7-20(16)25-23(29)15-22(28(30)34)27-26(25)21-14-18(10-13-24(21)32-27)31-17-8-11-19(12-9-17)33(2)3/h4-7,15,17-19,31-32H,8-14H2,1-3H3,(H2,30,34). The highest BCUT2D eigenvalue weighted by Gasteiger charge is 2.30. The van der Waals surface area contributed by atoms with Gasteiger partial charge in [-0.1, -0.05) is 24.3 Å². The first kappa shape index (κ1) is 23.1. The fourth-order valence-electron chi connectivity index (χ4n) is 6.11. The Balaban J connectivity index is 1.52. The summed E-state index contributed by atoms with van der Waals surface area (Å²) in [4.78, 5) is 18.0. The van der Waals surface area contributed by atoms with Crippen LogP contribution >= 0.6 is 0 Å². The Morgan fingerprint density at radius 1 is 1.12 bits per heavy atom. The molecular weight excluding hydrogens is 427 g/mol.